The molecule has 1 amide bonds. The van der Waals surface area contributed by atoms with Crippen LogP contribution in [-0.4, -0.2) is 58.6 Å². The van der Waals surface area contributed by atoms with Crippen LogP contribution in [0.4, 0.5) is 0 Å². The average Bonchev–Trinajstić information content (AvgIpc) is 2.78. The highest BCUT2D eigenvalue weighted by molar-refractivity contribution is 7.89. The molecule has 30 heavy (non-hydrogen) atoms. The Bertz CT molecular complexity index is 991. The minimum absolute atomic E-state index is 0.154. The average molecular weight is 453 g/mol. The van der Waals surface area contributed by atoms with Crippen molar-refractivity contribution >= 4 is 27.5 Å². The summed E-state index contributed by atoms with van der Waals surface area (Å²) in [6, 6.07) is 13.2. The van der Waals surface area contributed by atoms with E-state index in [1.807, 2.05) is 19.1 Å². The zero-order chi connectivity index (χ0) is 21.8. The number of hydrogen-bond acceptors (Lipinski definition) is 5. The Labute approximate surface area is 182 Å². The number of carbonyl (C=O) groups is 1. The largest absolute Gasteiger partial charge is 0.379 e. The summed E-state index contributed by atoms with van der Waals surface area (Å²) in [5, 5.41) is 3.43. The van der Waals surface area contributed by atoms with Crippen LogP contribution in [0.1, 0.15) is 22.8 Å². The second kappa shape index (κ2) is 9.45. The second-order valence-corrected chi connectivity index (χ2v) is 9.54. The van der Waals surface area contributed by atoms with Gasteiger partial charge in [-0.2, -0.15) is 4.31 Å². The zero-order valence-electron chi connectivity index (χ0n) is 16.9. The van der Waals surface area contributed by atoms with Gasteiger partial charge in [-0.05, 0) is 48.9 Å². The number of hydrogen-bond donors (Lipinski definition) is 1. The third-order valence-corrected chi connectivity index (χ3v) is 7.34. The molecule has 0 bridgehead atoms. The van der Waals surface area contributed by atoms with Gasteiger partial charge in [-0.15, -0.1) is 0 Å². The molecule has 0 radical (unpaired) electrons. The van der Waals surface area contributed by atoms with Gasteiger partial charge in [0.25, 0.3) is 5.91 Å². The number of morpholine rings is 1. The van der Waals surface area contributed by atoms with Crippen molar-refractivity contribution in [3.8, 4) is 0 Å². The number of nitrogens with zero attached hydrogens (tertiary/aromatic N) is 1. The molecule has 3 rings (SSSR count). The van der Waals surface area contributed by atoms with E-state index in [1.165, 1.54) is 28.6 Å². The van der Waals surface area contributed by atoms with Gasteiger partial charge >= 0.3 is 0 Å². The number of methoxy groups -OCH3 is 1. The Morgan fingerprint density at radius 1 is 1.20 bits per heavy atom. The number of carbonyl (C=O) groups excluding carboxylic acids is 1. The predicted molar refractivity (Wildman–Crippen MR) is 114 cm³/mol. The lowest BCUT2D eigenvalue weighted by Gasteiger charge is -2.29. The molecule has 0 aliphatic carbocycles. The molecule has 162 valence electrons. The molecule has 0 aromatic heterocycles. The number of nitrogens with one attached hydrogen (secondary N) is 1. The maximum Gasteiger partial charge on any atom is 0.251 e. The third-order valence-electron chi connectivity index (χ3n) is 5.20. The number of halogens is 1. The van der Waals surface area contributed by atoms with Crippen molar-refractivity contribution in [2.75, 3.05) is 40.0 Å². The van der Waals surface area contributed by atoms with Crippen LogP contribution >= 0.6 is 11.6 Å². The molecule has 2 aromatic carbocycles. The van der Waals surface area contributed by atoms with Crippen LogP contribution in [0.5, 0.6) is 0 Å². The van der Waals surface area contributed by atoms with Gasteiger partial charge in [-0.1, -0.05) is 23.7 Å². The highest BCUT2D eigenvalue weighted by Crippen LogP contribution is 2.26. The van der Waals surface area contributed by atoms with Crippen LogP contribution < -0.4 is 5.32 Å². The summed E-state index contributed by atoms with van der Waals surface area (Å²) in [6.45, 7) is 3.48. The Morgan fingerprint density at radius 3 is 2.47 bits per heavy atom. The minimum atomic E-state index is -3.59. The first kappa shape index (κ1) is 22.7. The van der Waals surface area contributed by atoms with Gasteiger partial charge in [0.05, 0.1) is 24.7 Å². The van der Waals surface area contributed by atoms with E-state index in [1.54, 1.807) is 19.2 Å². The summed E-state index contributed by atoms with van der Waals surface area (Å²) >= 11 is 6.07. The van der Waals surface area contributed by atoms with E-state index in [-0.39, 0.29) is 17.3 Å². The molecule has 0 spiro atoms. The molecule has 1 unspecified atom stereocenters. The van der Waals surface area contributed by atoms with Crippen molar-refractivity contribution in [3.05, 3.63) is 64.7 Å². The molecule has 0 saturated carbocycles. The molecule has 1 fully saturated rings. The van der Waals surface area contributed by atoms with Crippen LogP contribution in [-0.2, 0) is 25.1 Å². The quantitative estimate of drug-likeness (QED) is 0.698. The number of amides is 1. The fourth-order valence-electron chi connectivity index (χ4n) is 3.17. The summed E-state index contributed by atoms with van der Waals surface area (Å²) in [5.74, 6) is -0.323. The first-order valence-corrected chi connectivity index (χ1v) is 11.4. The Morgan fingerprint density at radius 2 is 1.87 bits per heavy atom. The molecular formula is C21H25ClN2O5S. The molecule has 2 aromatic rings. The third kappa shape index (κ3) is 5.01. The summed E-state index contributed by atoms with van der Waals surface area (Å²) in [6.07, 6.45) is 0. The van der Waals surface area contributed by atoms with Gasteiger partial charge in [-0.3, -0.25) is 4.79 Å². The number of benzene rings is 2. The Kier molecular flexibility index (Phi) is 7.15. The van der Waals surface area contributed by atoms with Crippen molar-refractivity contribution in [1.29, 1.82) is 0 Å². The zero-order valence-corrected chi connectivity index (χ0v) is 18.5. The lowest BCUT2D eigenvalue weighted by molar-refractivity contribution is 0.00315. The molecule has 1 aliphatic heterocycles. The van der Waals surface area contributed by atoms with Gasteiger partial charge in [0.15, 0.2) is 0 Å². The Hall–Kier alpha value is -1.97. The van der Waals surface area contributed by atoms with E-state index in [2.05, 4.69) is 5.32 Å². The number of ether oxygens (including phenoxy) is 2. The van der Waals surface area contributed by atoms with Gasteiger partial charge in [0.2, 0.25) is 10.0 Å². The number of sulfonamides is 1. The molecule has 1 heterocycles. The molecule has 1 N–H and O–H groups in total. The van der Waals surface area contributed by atoms with Crippen molar-refractivity contribution in [1.82, 2.24) is 9.62 Å². The van der Waals surface area contributed by atoms with Crippen molar-refractivity contribution in [2.24, 2.45) is 0 Å². The monoisotopic (exact) mass is 452 g/mol. The van der Waals surface area contributed by atoms with E-state index in [0.717, 1.165) is 5.56 Å². The fourth-order valence-corrected chi connectivity index (χ4v) is 4.77. The first-order valence-electron chi connectivity index (χ1n) is 9.54. The molecular weight excluding hydrogens is 428 g/mol. The fraction of sp³-hybridized carbons (Fsp3) is 0.381. The summed E-state index contributed by atoms with van der Waals surface area (Å²) in [4.78, 5) is 12.8. The standard InChI is InChI=1S/C21H25ClN2O5S/c1-21(28-2,17-4-3-5-18(22)14-17)15-23-20(25)16-6-8-19(9-7-16)30(26,27)24-10-12-29-13-11-24/h3-9,14H,10-13,15H2,1-2H3,(H,23,25). The summed E-state index contributed by atoms with van der Waals surface area (Å²) in [5.41, 5.74) is 0.436. The lowest BCUT2D eigenvalue weighted by Crippen LogP contribution is -2.40. The molecule has 1 saturated heterocycles. The van der Waals surface area contributed by atoms with Gasteiger partial charge in [0.1, 0.15) is 5.60 Å². The smallest absolute Gasteiger partial charge is 0.251 e. The maximum absolute atomic E-state index is 12.7. The van der Waals surface area contributed by atoms with Crippen molar-refractivity contribution < 1.29 is 22.7 Å². The van der Waals surface area contributed by atoms with Crippen molar-refractivity contribution in [3.63, 3.8) is 0 Å². The van der Waals surface area contributed by atoms with E-state index >= 15 is 0 Å². The van der Waals surface area contributed by atoms with E-state index in [9.17, 15) is 13.2 Å². The SMILES string of the molecule is COC(C)(CNC(=O)c1ccc(S(=O)(=O)N2CCOCC2)cc1)c1cccc(Cl)c1. The maximum atomic E-state index is 12.7. The molecule has 1 atom stereocenters. The normalized spacial score (nSPS) is 17.3. The Balaban J connectivity index is 1.68. The van der Waals surface area contributed by atoms with E-state index in [0.29, 0.717) is 36.9 Å². The van der Waals surface area contributed by atoms with Crippen LogP contribution in [0.25, 0.3) is 0 Å². The molecule has 1 aliphatic rings. The van der Waals surface area contributed by atoms with Crippen LogP contribution in [0.15, 0.2) is 53.4 Å². The first-order chi connectivity index (χ1) is 14.3. The van der Waals surface area contributed by atoms with Crippen molar-refractivity contribution in [2.45, 2.75) is 17.4 Å². The van der Waals surface area contributed by atoms with Crippen LogP contribution in [0.2, 0.25) is 5.02 Å². The van der Waals surface area contributed by atoms with Crippen LogP contribution in [0, 0.1) is 0 Å². The molecule has 9 heteroatoms. The topological polar surface area (TPSA) is 84.9 Å². The lowest BCUT2D eigenvalue weighted by atomic mass is 9.95. The van der Waals surface area contributed by atoms with Crippen LogP contribution in [0.3, 0.4) is 0 Å². The highest BCUT2D eigenvalue weighted by atomic mass is 35.5. The van der Waals surface area contributed by atoms with Gasteiger partial charge in [0, 0.05) is 30.8 Å². The van der Waals surface area contributed by atoms with E-state index in [4.69, 9.17) is 21.1 Å². The molecule has 7 nitrogen and oxygen atoms in total. The minimum Gasteiger partial charge on any atom is -0.379 e. The summed E-state index contributed by atoms with van der Waals surface area (Å²) < 4.78 is 37.6. The van der Waals surface area contributed by atoms with E-state index < -0.39 is 15.6 Å². The van der Waals surface area contributed by atoms with Gasteiger partial charge in [-0.25, -0.2) is 8.42 Å². The number of rotatable bonds is 7. The predicted octanol–water partition coefficient (Wildman–Crippen LogP) is 2.65. The summed E-state index contributed by atoms with van der Waals surface area (Å²) in [7, 11) is -2.03. The van der Waals surface area contributed by atoms with Gasteiger partial charge < -0.3 is 14.8 Å². The second-order valence-electron chi connectivity index (χ2n) is 7.17. The highest BCUT2D eigenvalue weighted by Gasteiger charge is 2.28.